The predicted octanol–water partition coefficient (Wildman–Crippen LogP) is 1.04. The molecule has 108 valence electrons. The average molecular weight is 284 g/mol. The lowest BCUT2D eigenvalue weighted by molar-refractivity contribution is -0.116. The van der Waals surface area contributed by atoms with Crippen molar-refractivity contribution in [2.24, 2.45) is 0 Å². The van der Waals surface area contributed by atoms with Crippen LogP contribution in [0.1, 0.15) is 18.4 Å². The molecule has 6 nitrogen and oxygen atoms in total. The lowest BCUT2D eigenvalue weighted by Gasteiger charge is -2.05. The fourth-order valence-corrected chi connectivity index (χ4v) is 1.69. The van der Waals surface area contributed by atoms with Gasteiger partial charge in [0.15, 0.2) is 0 Å². The van der Waals surface area contributed by atoms with E-state index in [1.165, 1.54) is 0 Å². The SMILES string of the molecule is O=C(CCn1ccnn1)Nc1cccc(C#CCCO)c1. The molecule has 0 radical (unpaired) electrons. The van der Waals surface area contributed by atoms with Crippen molar-refractivity contribution in [1.82, 2.24) is 15.0 Å². The first-order valence-corrected chi connectivity index (χ1v) is 6.61. The molecule has 1 aromatic heterocycles. The van der Waals surface area contributed by atoms with Crippen LogP contribution in [0.4, 0.5) is 5.69 Å². The van der Waals surface area contributed by atoms with Gasteiger partial charge in [0.25, 0.3) is 0 Å². The Balaban J connectivity index is 1.88. The zero-order chi connectivity index (χ0) is 14.9. The van der Waals surface area contributed by atoms with Gasteiger partial charge in [0, 0.05) is 30.3 Å². The number of nitrogens with zero attached hydrogens (tertiary/aromatic N) is 3. The number of hydrogen-bond acceptors (Lipinski definition) is 4. The maximum absolute atomic E-state index is 11.8. The van der Waals surface area contributed by atoms with Crippen molar-refractivity contribution >= 4 is 11.6 Å². The Morgan fingerprint density at radius 3 is 3.10 bits per heavy atom. The summed E-state index contributed by atoms with van der Waals surface area (Å²) in [6.45, 7) is 0.535. The number of anilines is 1. The summed E-state index contributed by atoms with van der Waals surface area (Å²) >= 11 is 0. The smallest absolute Gasteiger partial charge is 0.226 e. The highest BCUT2D eigenvalue weighted by Gasteiger charge is 2.03. The van der Waals surface area contributed by atoms with Crippen molar-refractivity contribution in [3.63, 3.8) is 0 Å². The molecule has 0 aliphatic carbocycles. The van der Waals surface area contributed by atoms with Gasteiger partial charge in [-0.15, -0.1) is 5.10 Å². The normalized spacial score (nSPS) is 9.76. The maximum Gasteiger partial charge on any atom is 0.226 e. The summed E-state index contributed by atoms with van der Waals surface area (Å²) in [7, 11) is 0. The topological polar surface area (TPSA) is 80.0 Å². The minimum Gasteiger partial charge on any atom is -0.395 e. The minimum absolute atomic E-state index is 0.0473. The van der Waals surface area contributed by atoms with Gasteiger partial charge in [-0.05, 0) is 18.2 Å². The van der Waals surface area contributed by atoms with Gasteiger partial charge in [0.05, 0.1) is 19.3 Å². The highest BCUT2D eigenvalue weighted by molar-refractivity contribution is 5.90. The van der Waals surface area contributed by atoms with Gasteiger partial charge < -0.3 is 10.4 Å². The standard InChI is InChI=1S/C15H16N4O2/c20-11-2-1-4-13-5-3-6-14(12-13)17-15(21)7-9-19-10-8-16-18-19/h3,5-6,8,10,12,20H,2,7,9,11H2,(H,17,21). The van der Waals surface area contributed by atoms with Crippen LogP contribution in [-0.2, 0) is 11.3 Å². The quantitative estimate of drug-likeness (QED) is 0.804. The van der Waals surface area contributed by atoms with E-state index in [1.807, 2.05) is 18.2 Å². The van der Waals surface area contributed by atoms with E-state index in [4.69, 9.17) is 5.11 Å². The van der Waals surface area contributed by atoms with Gasteiger partial charge in [-0.2, -0.15) is 0 Å². The Morgan fingerprint density at radius 1 is 1.43 bits per heavy atom. The van der Waals surface area contributed by atoms with E-state index in [2.05, 4.69) is 27.5 Å². The molecule has 0 bridgehead atoms. The summed E-state index contributed by atoms with van der Waals surface area (Å²) in [5.41, 5.74) is 1.51. The molecule has 0 saturated heterocycles. The molecule has 21 heavy (non-hydrogen) atoms. The fourth-order valence-electron chi connectivity index (χ4n) is 1.69. The Bertz CT molecular complexity index is 641. The van der Waals surface area contributed by atoms with Gasteiger partial charge in [-0.3, -0.25) is 9.48 Å². The summed E-state index contributed by atoms with van der Waals surface area (Å²) in [6.07, 6.45) is 4.05. The van der Waals surface area contributed by atoms with E-state index >= 15 is 0 Å². The second-order valence-electron chi connectivity index (χ2n) is 4.32. The van der Waals surface area contributed by atoms with Crippen molar-refractivity contribution in [3.05, 3.63) is 42.2 Å². The van der Waals surface area contributed by atoms with Crippen molar-refractivity contribution in [2.45, 2.75) is 19.4 Å². The van der Waals surface area contributed by atoms with Gasteiger partial charge >= 0.3 is 0 Å². The van der Waals surface area contributed by atoms with Crippen LogP contribution in [0.25, 0.3) is 0 Å². The largest absolute Gasteiger partial charge is 0.395 e. The second-order valence-corrected chi connectivity index (χ2v) is 4.32. The van der Waals surface area contributed by atoms with E-state index in [1.54, 1.807) is 23.1 Å². The highest BCUT2D eigenvalue weighted by Crippen LogP contribution is 2.10. The number of carbonyl (C=O) groups is 1. The summed E-state index contributed by atoms with van der Waals surface area (Å²) in [4.78, 5) is 11.8. The van der Waals surface area contributed by atoms with Crippen molar-refractivity contribution in [2.75, 3.05) is 11.9 Å². The molecule has 6 heteroatoms. The van der Waals surface area contributed by atoms with Crippen LogP contribution >= 0.6 is 0 Å². The van der Waals surface area contributed by atoms with E-state index in [9.17, 15) is 4.79 Å². The van der Waals surface area contributed by atoms with Crippen LogP contribution in [0, 0.1) is 11.8 Å². The number of aliphatic hydroxyl groups excluding tert-OH is 1. The third-order valence-corrected chi connectivity index (χ3v) is 2.66. The van der Waals surface area contributed by atoms with Crippen LogP contribution in [0.3, 0.4) is 0 Å². The molecule has 2 rings (SSSR count). The number of aromatic nitrogens is 3. The number of carbonyl (C=O) groups excluding carboxylic acids is 1. The molecule has 1 amide bonds. The lowest BCUT2D eigenvalue weighted by atomic mass is 10.2. The molecule has 2 aromatic rings. The Kier molecular flexibility index (Phi) is 5.50. The van der Waals surface area contributed by atoms with Crippen molar-refractivity contribution in [3.8, 4) is 11.8 Å². The highest BCUT2D eigenvalue weighted by atomic mass is 16.2. The van der Waals surface area contributed by atoms with Crippen molar-refractivity contribution < 1.29 is 9.90 Å². The van der Waals surface area contributed by atoms with Gasteiger partial charge in [0.2, 0.25) is 5.91 Å². The fraction of sp³-hybridized carbons (Fsp3) is 0.267. The number of aliphatic hydroxyl groups is 1. The van der Waals surface area contributed by atoms with Crippen LogP contribution in [-0.4, -0.2) is 32.6 Å². The van der Waals surface area contributed by atoms with E-state index in [0.717, 1.165) is 5.56 Å². The lowest BCUT2D eigenvalue weighted by Crippen LogP contribution is -2.14. The van der Waals surface area contributed by atoms with Gasteiger partial charge in [-0.1, -0.05) is 23.1 Å². The summed E-state index contributed by atoms with van der Waals surface area (Å²) < 4.78 is 1.61. The Morgan fingerprint density at radius 2 is 2.33 bits per heavy atom. The molecular formula is C15H16N4O2. The third kappa shape index (κ3) is 5.09. The van der Waals surface area contributed by atoms with Crippen molar-refractivity contribution in [1.29, 1.82) is 0 Å². The molecule has 0 aliphatic heterocycles. The molecule has 0 fully saturated rings. The Hall–Kier alpha value is -2.65. The van der Waals surface area contributed by atoms with Crippen LogP contribution < -0.4 is 5.32 Å². The molecule has 0 unspecified atom stereocenters. The molecule has 0 atom stereocenters. The van der Waals surface area contributed by atoms with Crippen LogP contribution in [0.2, 0.25) is 0 Å². The monoisotopic (exact) mass is 284 g/mol. The second kappa shape index (κ2) is 7.82. The maximum atomic E-state index is 11.8. The van der Waals surface area contributed by atoms with Crippen LogP contribution in [0.5, 0.6) is 0 Å². The molecular weight excluding hydrogens is 268 g/mol. The third-order valence-electron chi connectivity index (χ3n) is 2.66. The summed E-state index contributed by atoms with van der Waals surface area (Å²) in [5, 5.41) is 19.0. The number of benzene rings is 1. The first-order chi connectivity index (χ1) is 10.3. The molecule has 1 aromatic carbocycles. The first-order valence-electron chi connectivity index (χ1n) is 6.61. The van der Waals surface area contributed by atoms with Crippen LogP contribution in [0.15, 0.2) is 36.7 Å². The summed E-state index contributed by atoms with van der Waals surface area (Å²) in [5.74, 6) is 5.68. The van der Waals surface area contributed by atoms with E-state index in [0.29, 0.717) is 25.1 Å². The van der Waals surface area contributed by atoms with Gasteiger partial charge in [0.1, 0.15) is 0 Å². The Labute approximate surface area is 122 Å². The predicted molar refractivity (Wildman–Crippen MR) is 78.3 cm³/mol. The molecule has 1 heterocycles. The molecule has 0 saturated carbocycles. The first kappa shape index (κ1) is 14.8. The summed E-state index contributed by atoms with van der Waals surface area (Å²) in [6, 6.07) is 7.30. The molecule has 2 N–H and O–H groups in total. The minimum atomic E-state index is -0.0917. The number of amides is 1. The van der Waals surface area contributed by atoms with Gasteiger partial charge in [-0.25, -0.2) is 0 Å². The zero-order valence-electron chi connectivity index (χ0n) is 11.5. The average Bonchev–Trinajstić information content (AvgIpc) is 2.99. The molecule has 0 aliphatic rings. The molecule has 0 spiro atoms. The number of hydrogen-bond donors (Lipinski definition) is 2. The number of rotatable bonds is 5. The van der Waals surface area contributed by atoms with E-state index in [-0.39, 0.29) is 12.5 Å². The number of aryl methyl sites for hydroxylation is 1. The van der Waals surface area contributed by atoms with E-state index < -0.39 is 0 Å². The zero-order valence-corrected chi connectivity index (χ0v) is 11.5. The number of nitrogens with one attached hydrogen (secondary N) is 1.